The first-order valence-electron chi connectivity index (χ1n) is 5.05. The largest absolute Gasteiger partial charge is 0.260 e. The van der Waals surface area contributed by atoms with Crippen molar-refractivity contribution in [3.05, 3.63) is 64.9 Å². The van der Waals surface area contributed by atoms with Crippen LogP contribution in [0.1, 0.15) is 16.6 Å². The molecule has 1 heterocycles. The van der Waals surface area contributed by atoms with Crippen molar-refractivity contribution < 1.29 is 0 Å². The van der Waals surface area contributed by atoms with Gasteiger partial charge in [-0.15, -0.1) is 11.6 Å². The molecule has 0 saturated heterocycles. The van der Waals surface area contributed by atoms with Crippen LogP contribution in [0.2, 0.25) is 5.02 Å². The van der Waals surface area contributed by atoms with Crippen LogP contribution in [0.3, 0.4) is 0 Å². The fourth-order valence-electron chi connectivity index (χ4n) is 1.49. The van der Waals surface area contributed by atoms with Gasteiger partial charge in [-0.05, 0) is 17.7 Å². The Morgan fingerprint density at radius 3 is 2.44 bits per heavy atom. The zero-order valence-electron chi connectivity index (χ0n) is 8.61. The maximum atomic E-state index is 6.31. The molecule has 0 radical (unpaired) electrons. The summed E-state index contributed by atoms with van der Waals surface area (Å²) < 4.78 is 0. The number of hydrogen-bond acceptors (Lipinski definition) is 1. The highest BCUT2D eigenvalue weighted by Gasteiger charge is 2.08. The van der Waals surface area contributed by atoms with Gasteiger partial charge in [-0.25, -0.2) is 0 Å². The Morgan fingerprint density at radius 2 is 1.81 bits per heavy atom. The maximum Gasteiger partial charge on any atom is 0.0640 e. The highest BCUT2D eigenvalue weighted by atomic mass is 35.5. The average molecular weight is 252 g/mol. The quantitative estimate of drug-likeness (QED) is 0.744. The molecular weight excluding hydrogens is 241 g/mol. The summed E-state index contributed by atoms with van der Waals surface area (Å²) in [5.74, 6) is 0. The molecule has 0 bridgehead atoms. The summed E-state index contributed by atoms with van der Waals surface area (Å²) >= 11 is 12.1. The number of pyridine rings is 1. The minimum atomic E-state index is -0.0464. The van der Waals surface area contributed by atoms with E-state index in [1.165, 1.54) is 0 Å². The standard InChI is InChI=1S/C13H11Cl2N/c14-11-6-7-12(16-9-11)8-13(15)10-4-2-1-3-5-10/h1-7,9,13H,8H2. The topological polar surface area (TPSA) is 12.9 Å². The zero-order chi connectivity index (χ0) is 11.4. The Morgan fingerprint density at radius 1 is 1.06 bits per heavy atom. The molecule has 82 valence electrons. The normalized spacial score (nSPS) is 12.4. The number of halogens is 2. The van der Waals surface area contributed by atoms with Crippen molar-refractivity contribution in [1.82, 2.24) is 4.98 Å². The van der Waals surface area contributed by atoms with Gasteiger partial charge in [-0.2, -0.15) is 0 Å². The van der Waals surface area contributed by atoms with Crippen molar-refractivity contribution in [2.45, 2.75) is 11.8 Å². The van der Waals surface area contributed by atoms with Crippen LogP contribution in [-0.4, -0.2) is 4.98 Å². The highest BCUT2D eigenvalue weighted by molar-refractivity contribution is 6.30. The fraction of sp³-hybridized carbons (Fsp3) is 0.154. The average Bonchev–Trinajstić information content (AvgIpc) is 2.33. The third kappa shape index (κ3) is 2.97. The minimum absolute atomic E-state index is 0.0464. The number of alkyl halides is 1. The lowest BCUT2D eigenvalue weighted by Crippen LogP contribution is -1.97. The van der Waals surface area contributed by atoms with Crippen molar-refractivity contribution in [2.24, 2.45) is 0 Å². The number of nitrogens with zero attached hydrogens (tertiary/aromatic N) is 1. The van der Waals surface area contributed by atoms with Crippen LogP contribution in [0.25, 0.3) is 0 Å². The lowest BCUT2D eigenvalue weighted by Gasteiger charge is -2.08. The molecule has 2 rings (SSSR count). The predicted octanol–water partition coefficient (Wildman–Crippen LogP) is 4.26. The third-order valence-electron chi connectivity index (χ3n) is 2.34. The van der Waals surface area contributed by atoms with Crippen LogP contribution in [0.4, 0.5) is 0 Å². The van der Waals surface area contributed by atoms with Crippen LogP contribution in [0.5, 0.6) is 0 Å². The Bertz CT molecular complexity index is 439. The van der Waals surface area contributed by atoms with Gasteiger partial charge < -0.3 is 0 Å². The second-order valence-corrected chi connectivity index (χ2v) is 4.51. The molecule has 0 amide bonds. The van der Waals surface area contributed by atoms with Crippen LogP contribution in [0.15, 0.2) is 48.7 Å². The summed E-state index contributed by atoms with van der Waals surface area (Å²) in [5, 5.41) is 0.601. The Balaban J connectivity index is 2.08. The minimum Gasteiger partial charge on any atom is -0.260 e. The molecule has 0 saturated carbocycles. The smallest absolute Gasteiger partial charge is 0.0640 e. The lowest BCUT2D eigenvalue weighted by molar-refractivity contribution is 0.881. The first-order valence-corrected chi connectivity index (χ1v) is 5.86. The van der Waals surface area contributed by atoms with Gasteiger partial charge in [0.15, 0.2) is 0 Å². The van der Waals surface area contributed by atoms with Crippen LogP contribution >= 0.6 is 23.2 Å². The van der Waals surface area contributed by atoms with Gasteiger partial charge in [0.05, 0.1) is 10.4 Å². The maximum absolute atomic E-state index is 6.31. The Hall–Kier alpha value is -1.05. The van der Waals surface area contributed by atoms with Crippen LogP contribution in [0, 0.1) is 0 Å². The van der Waals surface area contributed by atoms with Gasteiger partial charge in [-0.3, -0.25) is 4.98 Å². The number of rotatable bonds is 3. The number of benzene rings is 1. The first-order chi connectivity index (χ1) is 7.75. The second kappa shape index (κ2) is 5.33. The van der Waals surface area contributed by atoms with E-state index in [-0.39, 0.29) is 5.38 Å². The molecule has 0 fully saturated rings. The summed E-state index contributed by atoms with van der Waals surface area (Å²) in [7, 11) is 0. The van der Waals surface area contributed by atoms with Crippen molar-refractivity contribution >= 4 is 23.2 Å². The second-order valence-electron chi connectivity index (χ2n) is 3.55. The van der Waals surface area contributed by atoms with Crippen molar-refractivity contribution in [3.8, 4) is 0 Å². The first kappa shape index (κ1) is 11.4. The summed E-state index contributed by atoms with van der Waals surface area (Å²) in [6, 6.07) is 13.7. The van der Waals surface area contributed by atoms with Gasteiger partial charge in [0.25, 0.3) is 0 Å². The van der Waals surface area contributed by atoms with E-state index in [0.29, 0.717) is 11.4 Å². The number of aromatic nitrogens is 1. The van der Waals surface area contributed by atoms with E-state index >= 15 is 0 Å². The Kier molecular flexibility index (Phi) is 3.81. The zero-order valence-corrected chi connectivity index (χ0v) is 10.1. The van der Waals surface area contributed by atoms with E-state index in [4.69, 9.17) is 23.2 Å². The van der Waals surface area contributed by atoms with Crippen LogP contribution < -0.4 is 0 Å². The lowest BCUT2D eigenvalue weighted by atomic mass is 10.1. The van der Waals surface area contributed by atoms with Crippen molar-refractivity contribution in [2.75, 3.05) is 0 Å². The van der Waals surface area contributed by atoms with E-state index in [9.17, 15) is 0 Å². The van der Waals surface area contributed by atoms with Gasteiger partial charge in [0.1, 0.15) is 0 Å². The number of hydrogen-bond donors (Lipinski definition) is 0. The molecule has 1 nitrogen and oxygen atoms in total. The third-order valence-corrected chi connectivity index (χ3v) is 2.97. The molecule has 2 aromatic rings. The summed E-state index contributed by atoms with van der Waals surface area (Å²) in [6.07, 6.45) is 2.36. The van der Waals surface area contributed by atoms with Gasteiger partial charge in [0.2, 0.25) is 0 Å². The molecule has 1 unspecified atom stereocenters. The monoisotopic (exact) mass is 251 g/mol. The summed E-state index contributed by atoms with van der Waals surface area (Å²) in [5.41, 5.74) is 2.06. The fourth-order valence-corrected chi connectivity index (χ4v) is 1.91. The molecule has 0 spiro atoms. The molecule has 0 N–H and O–H groups in total. The van der Waals surface area contributed by atoms with E-state index in [0.717, 1.165) is 11.3 Å². The molecule has 0 aliphatic carbocycles. The Labute approximate surface area is 105 Å². The molecule has 1 atom stereocenters. The van der Waals surface area contributed by atoms with E-state index in [1.54, 1.807) is 6.20 Å². The van der Waals surface area contributed by atoms with E-state index in [2.05, 4.69) is 4.98 Å². The molecular formula is C13H11Cl2N. The molecule has 0 aliphatic heterocycles. The van der Waals surface area contributed by atoms with E-state index in [1.807, 2.05) is 42.5 Å². The highest BCUT2D eigenvalue weighted by Crippen LogP contribution is 2.24. The molecule has 1 aromatic heterocycles. The summed E-state index contributed by atoms with van der Waals surface area (Å²) in [6.45, 7) is 0. The van der Waals surface area contributed by atoms with Crippen molar-refractivity contribution in [1.29, 1.82) is 0 Å². The van der Waals surface area contributed by atoms with E-state index < -0.39 is 0 Å². The van der Waals surface area contributed by atoms with Gasteiger partial charge in [0, 0.05) is 18.3 Å². The molecule has 0 aliphatic rings. The SMILES string of the molecule is Clc1ccc(CC(Cl)c2ccccc2)nc1. The molecule has 3 heteroatoms. The molecule has 1 aromatic carbocycles. The predicted molar refractivity (Wildman–Crippen MR) is 68.0 cm³/mol. The van der Waals surface area contributed by atoms with Gasteiger partial charge in [-0.1, -0.05) is 41.9 Å². The van der Waals surface area contributed by atoms with Crippen LogP contribution in [-0.2, 0) is 6.42 Å². The summed E-state index contributed by atoms with van der Waals surface area (Å²) in [4.78, 5) is 4.23. The molecule has 16 heavy (non-hydrogen) atoms. The van der Waals surface area contributed by atoms with Gasteiger partial charge >= 0.3 is 0 Å². The van der Waals surface area contributed by atoms with Crippen molar-refractivity contribution in [3.63, 3.8) is 0 Å².